The summed E-state index contributed by atoms with van der Waals surface area (Å²) in [5.74, 6) is 0. The van der Waals surface area contributed by atoms with Crippen molar-refractivity contribution in [3.05, 3.63) is 88.3 Å². The van der Waals surface area contributed by atoms with Crippen LogP contribution in [0.4, 0.5) is 13.2 Å². The maximum Gasteiger partial charge on any atom is 0.433 e. The van der Waals surface area contributed by atoms with Crippen LogP contribution in [-0.2, 0) is 6.18 Å². The Labute approximate surface area is 187 Å². The maximum atomic E-state index is 14.1. The molecule has 0 radical (unpaired) electrons. The van der Waals surface area contributed by atoms with Gasteiger partial charge in [0.05, 0.1) is 16.1 Å². The van der Waals surface area contributed by atoms with Crippen LogP contribution >= 0.6 is 27.3 Å². The van der Waals surface area contributed by atoms with E-state index in [-0.39, 0.29) is 11.3 Å². The Bertz CT molecular complexity index is 1380. The highest BCUT2D eigenvalue weighted by atomic mass is 79.9. The number of benzene rings is 2. The second-order valence-corrected chi connectivity index (χ2v) is 8.70. The third-order valence-electron chi connectivity index (χ3n) is 4.81. The van der Waals surface area contributed by atoms with Gasteiger partial charge >= 0.3 is 6.18 Å². The molecule has 0 N–H and O–H groups in total. The Morgan fingerprint density at radius 3 is 2.32 bits per heavy atom. The number of alkyl halides is 3. The van der Waals surface area contributed by atoms with Crippen molar-refractivity contribution in [3.8, 4) is 33.0 Å². The summed E-state index contributed by atoms with van der Waals surface area (Å²) in [5, 5.41) is 6.22. The van der Waals surface area contributed by atoms with Gasteiger partial charge in [-0.2, -0.15) is 18.3 Å². The average molecular weight is 500 g/mol. The first-order chi connectivity index (χ1) is 14.9. The molecular weight excluding hydrogens is 487 g/mol. The number of thiophene rings is 1. The van der Waals surface area contributed by atoms with E-state index in [0.717, 1.165) is 20.6 Å². The van der Waals surface area contributed by atoms with E-state index in [1.54, 1.807) is 12.1 Å². The molecule has 0 saturated carbocycles. The lowest BCUT2D eigenvalue weighted by Gasteiger charge is -2.11. The normalized spacial score (nSPS) is 11.9. The zero-order chi connectivity index (χ0) is 21.6. The Hall–Kier alpha value is -2.97. The van der Waals surface area contributed by atoms with Crippen molar-refractivity contribution in [1.82, 2.24) is 14.6 Å². The molecule has 0 aliphatic rings. The summed E-state index contributed by atoms with van der Waals surface area (Å²) in [6, 6.07) is 21.2. The molecule has 8 heteroatoms. The van der Waals surface area contributed by atoms with Gasteiger partial charge in [0.1, 0.15) is 5.69 Å². The maximum absolute atomic E-state index is 14.1. The van der Waals surface area contributed by atoms with Crippen molar-refractivity contribution >= 4 is 32.9 Å². The number of halogens is 4. The Balaban J connectivity index is 1.92. The van der Waals surface area contributed by atoms with Crippen LogP contribution in [0.3, 0.4) is 0 Å². The lowest BCUT2D eigenvalue weighted by molar-refractivity contribution is -0.142. The van der Waals surface area contributed by atoms with Gasteiger partial charge in [0.15, 0.2) is 11.3 Å². The summed E-state index contributed by atoms with van der Waals surface area (Å²) in [7, 11) is 0. The summed E-state index contributed by atoms with van der Waals surface area (Å²) >= 11 is 4.78. The molecule has 0 amide bonds. The average Bonchev–Trinajstić information content (AvgIpc) is 3.41. The molecule has 3 nitrogen and oxygen atoms in total. The van der Waals surface area contributed by atoms with Crippen LogP contribution in [0.5, 0.6) is 0 Å². The van der Waals surface area contributed by atoms with Crippen molar-refractivity contribution in [2.24, 2.45) is 0 Å². The topological polar surface area (TPSA) is 30.2 Å². The van der Waals surface area contributed by atoms with Gasteiger partial charge in [-0.05, 0) is 35.2 Å². The molecule has 0 aliphatic carbocycles. The second-order valence-electron chi connectivity index (χ2n) is 6.84. The number of rotatable bonds is 3. The zero-order valence-electron chi connectivity index (χ0n) is 15.8. The van der Waals surface area contributed by atoms with E-state index in [0.29, 0.717) is 21.7 Å². The van der Waals surface area contributed by atoms with Crippen molar-refractivity contribution < 1.29 is 13.2 Å². The van der Waals surface area contributed by atoms with E-state index in [9.17, 15) is 13.2 Å². The predicted molar refractivity (Wildman–Crippen MR) is 120 cm³/mol. The van der Waals surface area contributed by atoms with Crippen LogP contribution in [0.15, 0.2) is 82.6 Å². The molecule has 0 unspecified atom stereocenters. The monoisotopic (exact) mass is 499 g/mol. The van der Waals surface area contributed by atoms with E-state index in [2.05, 4.69) is 26.0 Å². The fraction of sp³-hybridized carbons (Fsp3) is 0.0435. The molecule has 154 valence electrons. The number of hydrogen-bond acceptors (Lipinski definition) is 3. The van der Waals surface area contributed by atoms with E-state index >= 15 is 0 Å². The van der Waals surface area contributed by atoms with E-state index in [1.165, 1.54) is 11.3 Å². The summed E-state index contributed by atoms with van der Waals surface area (Å²) in [5.41, 5.74) is 2.02. The highest BCUT2D eigenvalue weighted by molar-refractivity contribution is 9.10. The number of aromatic nitrogens is 3. The first-order valence-corrected chi connectivity index (χ1v) is 11.0. The molecule has 0 fully saturated rings. The molecule has 0 spiro atoms. The largest absolute Gasteiger partial charge is 0.433 e. The van der Waals surface area contributed by atoms with Gasteiger partial charge in [-0.15, -0.1) is 11.3 Å². The van der Waals surface area contributed by atoms with Crippen molar-refractivity contribution in [2.75, 3.05) is 0 Å². The van der Waals surface area contributed by atoms with Crippen LogP contribution in [0.2, 0.25) is 0 Å². The summed E-state index contributed by atoms with van der Waals surface area (Å²) < 4.78 is 43.9. The Kier molecular flexibility index (Phi) is 4.91. The second kappa shape index (κ2) is 7.62. The van der Waals surface area contributed by atoms with E-state index in [1.807, 2.05) is 60.0 Å². The van der Waals surface area contributed by atoms with Crippen molar-refractivity contribution in [3.63, 3.8) is 0 Å². The molecule has 0 saturated heterocycles. The van der Waals surface area contributed by atoms with Crippen LogP contribution in [0.1, 0.15) is 5.69 Å². The van der Waals surface area contributed by atoms with Crippen molar-refractivity contribution in [1.29, 1.82) is 0 Å². The fourth-order valence-corrected chi connectivity index (χ4v) is 4.56. The zero-order valence-corrected chi connectivity index (χ0v) is 18.2. The molecule has 5 rings (SSSR count). The lowest BCUT2D eigenvalue weighted by atomic mass is 10.0. The molecule has 0 atom stereocenters. The first kappa shape index (κ1) is 20.0. The highest BCUT2D eigenvalue weighted by Gasteiger charge is 2.36. The lowest BCUT2D eigenvalue weighted by Crippen LogP contribution is -2.13. The number of hydrogen-bond donors (Lipinski definition) is 0. The van der Waals surface area contributed by atoms with Gasteiger partial charge in [-0.25, -0.2) is 9.50 Å². The third kappa shape index (κ3) is 3.66. The highest BCUT2D eigenvalue weighted by Crippen LogP contribution is 2.40. The summed E-state index contributed by atoms with van der Waals surface area (Å²) in [4.78, 5) is 5.30. The molecule has 3 heterocycles. The molecule has 0 aliphatic heterocycles. The molecule has 0 bridgehead atoms. The predicted octanol–water partition coefficient (Wildman–Crippen LogP) is 7.57. The van der Waals surface area contributed by atoms with Gasteiger partial charge in [0.2, 0.25) is 0 Å². The van der Waals surface area contributed by atoms with E-state index < -0.39 is 11.9 Å². The van der Waals surface area contributed by atoms with Crippen molar-refractivity contribution in [2.45, 2.75) is 6.18 Å². The minimum Gasteiger partial charge on any atom is -0.227 e. The Morgan fingerprint density at radius 2 is 1.65 bits per heavy atom. The minimum absolute atomic E-state index is 0.166. The quantitative estimate of drug-likeness (QED) is 0.256. The molecule has 5 aromatic rings. The standard InChI is InChI=1S/C23H13BrF3N3S/c24-16-9-4-8-15(12-16)21-20(14-6-2-1-3-7-14)22-28-17(18-10-5-11-31-18)13-19(23(25,26)27)30(22)29-21/h1-13H. The first-order valence-electron chi connectivity index (χ1n) is 9.28. The van der Waals surface area contributed by atoms with Crippen LogP contribution in [0, 0.1) is 0 Å². The van der Waals surface area contributed by atoms with Gasteiger partial charge < -0.3 is 0 Å². The smallest absolute Gasteiger partial charge is 0.227 e. The SMILES string of the molecule is FC(F)(F)c1cc(-c2cccs2)nc2c(-c3ccccc3)c(-c3cccc(Br)c3)nn12. The van der Waals surface area contributed by atoms with Gasteiger partial charge in [0.25, 0.3) is 0 Å². The molecule has 3 aromatic heterocycles. The third-order valence-corrected chi connectivity index (χ3v) is 6.20. The number of nitrogens with zero attached hydrogens (tertiary/aromatic N) is 3. The fourth-order valence-electron chi connectivity index (χ4n) is 3.48. The van der Waals surface area contributed by atoms with Gasteiger partial charge in [-0.1, -0.05) is 64.5 Å². The molecule has 2 aromatic carbocycles. The van der Waals surface area contributed by atoms with Crippen LogP contribution < -0.4 is 0 Å². The summed E-state index contributed by atoms with van der Waals surface area (Å²) in [6.45, 7) is 0. The molecule has 31 heavy (non-hydrogen) atoms. The summed E-state index contributed by atoms with van der Waals surface area (Å²) in [6.07, 6.45) is -4.60. The van der Waals surface area contributed by atoms with Crippen LogP contribution in [0.25, 0.3) is 38.6 Å². The van der Waals surface area contributed by atoms with E-state index in [4.69, 9.17) is 0 Å². The van der Waals surface area contributed by atoms with Gasteiger partial charge in [0, 0.05) is 10.0 Å². The Morgan fingerprint density at radius 1 is 0.871 bits per heavy atom. The number of fused-ring (bicyclic) bond motifs is 1. The van der Waals surface area contributed by atoms with Crippen LogP contribution in [-0.4, -0.2) is 14.6 Å². The van der Waals surface area contributed by atoms with Gasteiger partial charge in [-0.3, -0.25) is 0 Å². The molecular formula is C23H13BrF3N3S. The minimum atomic E-state index is -4.60.